The maximum atomic E-state index is 5.92. The lowest BCUT2D eigenvalue weighted by Gasteiger charge is -2.40. The first-order chi connectivity index (χ1) is 9.24. The summed E-state index contributed by atoms with van der Waals surface area (Å²) in [5, 5.41) is 0. The van der Waals surface area contributed by atoms with Crippen LogP contribution in [0.2, 0.25) is 0 Å². The topological polar surface area (TPSA) is 27.7 Å². The highest BCUT2D eigenvalue weighted by Crippen LogP contribution is 2.34. The van der Waals surface area contributed by atoms with Gasteiger partial charge < -0.3 is 14.2 Å². The molecular formula is C15H21BrO3. The largest absolute Gasteiger partial charge is 0.497 e. The van der Waals surface area contributed by atoms with Crippen LogP contribution in [-0.4, -0.2) is 30.8 Å². The molecule has 0 bridgehead atoms. The van der Waals surface area contributed by atoms with E-state index in [0.29, 0.717) is 11.4 Å². The summed E-state index contributed by atoms with van der Waals surface area (Å²) in [5.41, 5.74) is 1.16. The van der Waals surface area contributed by atoms with Crippen molar-refractivity contribution in [2.45, 2.75) is 43.4 Å². The molecule has 1 aliphatic rings. The van der Waals surface area contributed by atoms with E-state index in [1.165, 1.54) is 0 Å². The molecule has 1 saturated carbocycles. The van der Waals surface area contributed by atoms with Crippen molar-refractivity contribution < 1.29 is 14.2 Å². The molecule has 3 nitrogen and oxygen atoms in total. The molecule has 1 aromatic carbocycles. The van der Waals surface area contributed by atoms with Crippen molar-refractivity contribution in [2.75, 3.05) is 13.7 Å². The highest BCUT2D eigenvalue weighted by atomic mass is 79.9. The Hall–Kier alpha value is -0.580. The van der Waals surface area contributed by atoms with Crippen molar-refractivity contribution in [3.63, 3.8) is 0 Å². The quantitative estimate of drug-likeness (QED) is 0.716. The fraction of sp³-hybridized carbons (Fsp3) is 0.600. The van der Waals surface area contributed by atoms with Crippen molar-refractivity contribution in [3.8, 4) is 5.75 Å². The van der Waals surface area contributed by atoms with Crippen LogP contribution in [0, 0.1) is 0 Å². The third-order valence-electron chi connectivity index (χ3n) is 3.32. The normalized spacial score (nSPS) is 25.9. The zero-order valence-corrected chi connectivity index (χ0v) is 13.1. The van der Waals surface area contributed by atoms with Crippen molar-refractivity contribution in [3.05, 3.63) is 29.8 Å². The minimum atomic E-state index is 0.193. The standard InChI is InChI=1S/C15H21BrO3/c1-3-8-18-15-13(16)9-14(15)19-10-11-4-6-12(17-2)7-5-11/h4-7,13-15H,3,8-10H2,1-2H3. The molecule has 106 valence electrons. The molecule has 0 amide bonds. The summed E-state index contributed by atoms with van der Waals surface area (Å²) in [6.45, 7) is 3.55. The van der Waals surface area contributed by atoms with Gasteiger partial charge in [-0.1, -0.05) is 35.0 Å². The second kappa shape index (κ2) is 7.27. The molecule has 4 heteroatoms. The minimum absolute atomic E-state index is 0.193. The summed E-state index contributed by atoms with van der Waals surface area (Å²) in [6, 6.07) is 7.98. The van der Waals surface area contributed by atoms with Gasteiger partial charge in [-0.15, -0.1) is 0 Å². The predicted octanol–water partition coefficient (Wildman–Crippen LogP) is 3.54. The second-order valence-electron chi connectivity index (χ2n) is 4.78. The molecule has 19 heavy (non-hydrogen) atoms. The van der Waals surface area contributed by atoms with Crippen LogP contribution in [-0.2, 0) is 16.1 Å². The number of ether oxygens (including phenoxy) is 3. The molecular weight excluding hydrogens is 308 g/mol. The lowest BCUT2D eigenvalue weighted by atomic mass is 9.91. The van der Waals surface area contributed by atoms with Gasteiger partial charge in [0.15, 0.2) is 0 Å². The number of halogens is 1. The smallest absolute Gasteiger partial charge is 0.118 e. The van der Waals surface area contributed by atoms with E-state index in [1.54, 1.807) is 7.11 Å². The average Bonchev–Trinajstić information content (AvgIpc) is 2.44. The van der Waals surface area contributed by atoms with E-state index in [2.05, 4.69) is 22.9 Å². The van der Waals surface area contributed by atoms with Crippen molar-refractivity contribution >= 4 is 15.9 Å². The summed E-state index contributed by atoms with van der Waals surface area (Å²) in [7, 11) is 1.67. The van der Waals surface area contributed by atoms with Crippen molar-refractivity contribution in [2.24, 2.45) is 0 Å². The Morgan fingerprint density at radius 1 is 1.21 bits per heavy atom. The Morgan fingerprint density at radius 2 is 1.95 bits per heavy atom. The summed E-state index contributed by atoms with van der Waals surface area (Å²) < 4.78 is 16.8. The molecule has 0 N–H and O–H groups in total. The van der Waals surface area contributed by atoms with Crippen LogP contribution < -0.4 is 4.74 Å². The van der Waals surface area contributed by atoms with Gasteiger partial charge in [-0.3, -0.25) is 0 Å². The van der Waals surface area contributed by atoms with E-state index in [-0.39, 0.29) is 12.2 Å². The summed E-state index contributed by atoms with van der Waals surface area (Å²) in [5.74, 6) is 0.872. The Bertz CT molecular complexity index is 379. The van der Waals surface area contributed by atoms with Gasteiger partial charge in [0, 0.05) is 11.4 Å². The molecule has 1 fully saturated rings. The zero-order chi connectivity index (χ0) is 13.7. The lowest BCUT2D eigenvalue weighted by molar-refractivity contribution is -0.126. The Kier molecular flexibility index (Phi) is 5.67. The van der Waals surface area contributed by atoms with E-state index >= 15 is 0 Å². The second-order valence-corrected chi connectivity index (χ2v) is 5.96. The van der Waals surface area contributed by atoms with Gasteiger partial charge >= 0.3 is 0 Å². The summed E-state index contributed by atoms with van der Waals surface area (Å²) in [6.07, 6.45) is 2.46. The summed E-state index contributed by atoms with van der Waals surface area (Å²) in [4.78, 5) is 0.430. The fourth-order valence-electron chi connectivity index (χ4n) is 2.08. The predicted molar refractivity (Wildman–Crippen MR) is 78.9 cm³/mol. The lowest BCUT2D eigenvalue weighted by Crippen LogP contribution is -2.50. The minimum Gasteiger partial charge on any atom is -0.497 e. The highest BCUT2D eigenvalue weighted by Gasteiger charge is 2.41. The maximum Gasteiger partial charge on any atom is 0.118 e. The first-order valence-corrected chi connectivity index (χ1v) is 7.66. The Labute approximate surface area is 123 Å². The Morgan fingerprint density at radius 3 is 2.53 bits per heavy atom. The van der Waals surface area contributed by atoms with Gasteiger partial charge in [0.25, 0.3) is 0 Å². The molecule has 3 unspecified atom stereocenters. The molecule has 0 saturated heterocycles. The van der Waals surface area contributed by atoms with Crippen LogP contribution >= 0.6 is 15.9 Å². The zero-order valence-electron chi connectivity index (χ0n) is 11.5. The van der Waals surface area contributed by atoms with Gasteiger partial charge in [0.05, 0.1) is 25.9 Å². The monoisotopic (exact) mass is 328 g/mol. The van der Waals surface area contributed by atoms with E-state index in [1.807, 2.05) is 24.3 Å². The number of rotatable bonds is 7. The van der Waals surface area contributed by atoms with E-state index in [9.17, 15) is 0 Å². The van der Waals surface area contributed by atoms with Crippen LogP contribution in [0.15, 0.2) is 24.3 Å². The van der Waals surface area contributed by atoms with Crippen molar-refractivity contribution in [1.82, 2.24) is 0 Å². The molecule has 0 radical (unpaired) electrons. The first-order valence-electron chi connectivity index (χ1n) is 6.74. The van der Waals surface area contributed by atoms with Crippen molar-refractivity contribution in [1.29, 1.82) is 0 Å². The number of benzene rings is 1. The van der Waals surface area contributed by atoms with Gasteiger partial charge in [-0.2, -0.15) is 0 Å². The molecule has 0 aromatic heterocycles. The van der Waals surface area contributed by atoms with E-state index in [0.717, 1.165) is 30.8 Å². The van der Waals surface area contributed by atoms with Gasteiger partial charge in [0.2, 0.25) is 0 Å². The van der Waals surface area contributed by atoms with Crippen LogP contribution in [0.3, 0.4) is 0 Å². The molecule has 0 spiro atoms. The van der Waals surface area contributed by atoms with E-state index in [4.69, 9.17) is 14.2 Å². The Balaban J connectivity index is 1.78. The van der Waals surface area contributed by atoms with Crippen LogP contribution in [0.5, 0.6) is 5.75 Å². The third-order valence-corrected chi connectivity index (χ3v) is 4.21. The number of hydrogen-bond donors (Lipinski definition) is 0. The SMILES string of the molecule is CCCOC1C(Br)CC1OCc1ccc(OC)cc1. The number of methoxy groups -OCH3 is 1. The highest BCUT2D eigenvalue weighted by molar-refractivity contribution is 9.09. The first kappa shape index (κ1) is 14.8. The number of hydrogen-bond acceptors (Lipinski definition) is 3. The molecule has 0 heterocycles. The molecule has 2 rings (SSSR count). The van der Waals surface area contributed by atoms with Gasteiger partial charge in [-0.05, 0) is 30.5 Å². The third kappa shape index (κ3) is 3.94. The van der Waals surface area contributed by atoms with Crippen LogP contribution in [0.4, 0.5) is 0 Å². The molecule has 0 aliphatic heterocycles. The fourth-order valence-corrected chi connectivity index (χ4v) is 2.94. The maximum absolute atomic E-state index is 5.92. The summed E-state index contributed by atoms with van der Waals surface area (Å²) >= 11 is 3.62. The molecule has 3 atom stereocenters. The van der Waals surface area contributed by atoms with Crippen LogP contribution in [0.25, 0.3) is 0 Å². The average molecular weight is 329 g/mol. The van der Waals surface area contributed by atoms with Gasteiger partial charge in [-0.25, -0.2) is 0 Å². The van der Waals surface area contributed by atoms with Crippen LogP contribution in [0.1, 0.15) is 25.3 Å². The van der Waals surface area contributed by atoms with Gasteiger partial charge in [0.1, 0.15) is 5.75 Å². The molecule has 1 aromatic rings. The number of alkyl halides is 1. The van der Waals surface area contributed by atoms with E-state index < -0.39 is 0 Å². The molecule has 1 aliphatic carbocycles.